The van der Waals surface area contributed by atoms with Crippen LogP contribution in [-0.2, 0) is 4.79 Å². The molecule has 1 N–H and O–H groups in total. The standard InChI is InChI=1S/C26H23BrN2O4/c1-2-16-32-23-12-9-20(10-13-23)26(31)29-28-18-21-17-22(27)11-14-24(21)33-25(30)15-8-19-6-4-3-5-7-19/h3-15,17-18H,2,16H2,1H3,(H,29,31)/b15-8+,28-18-. The summed E-state index contributed by atoms with van der Waals surface area (Å²) in [5, 5.41) is 4.01. The lowest BCUT2D eigenvalue weighted by molar-refractivity contribution is -0.128. The Morgan fingerprint density at radius 3 is 2.52 bits per heavy atom. The van der Waals surface area contributed by atoms with Gasteiger partial charge in [-0.3, -0.25) is 4.79 Å². The number of hydrogen-bond acceptors (Lipinski definition) is 5. The minimum Gasteiger partial charge on any atom is -0.494 e. The summed E-state index contributed by atoms with van der Waals surface area (Å²) in [5.41, 5.74) is 4.34. The number of carbonyl (C=O) groups excluding carboxylic acids is 2. The van der Waals surface area contributed by atoms with E-state index < -0.39 is 5.97 Å². The zero-order chi connectivity index (χ0) is 23.5. The van der Waals surface area contributed by atoms with Crippen LogP contribution in [0, 0.1) is 0 Å². The summed E-state index contributed by atoms with van der Waals surface area (Å²) in [6.07, 6.45) is 5.36. The second-order valence-corrected chi connectivity index (χ2v) is 7.83. The van der Waals surface area contributed by atoms with Gasteiger partial charge in [0, 0.05) is 21.7 Å². The van der Waals surface area contributed by atoms with Gasteiger partial charge in [0.2, 0.25) is 0 Å². The number of benzene rings is 3. The van der Waals surface area contributed by atoms with Crippen LogP contribution in [0.4, 0.5) is 0 Å². The molecule has 3 aromatic rings. The summed E-state index contributed by atoms with van der Waals surface area (Å²) < 4.78 is 11.7. The van der Waals surface area contributed by atoms with Gasteiger partial charge < -0.3 is 9.47 Å². The third-order valence-electron chi connectivity index (χ3n) is 4.35. The predicted octanol–water partition coefficient (Wildman–Crippen LogP) is 5.62. The number of rotatable bonds is 9. The average molecular weight is 507 g/mol. The number of carbonyl (C=O) groups is 2. The third-order valence-corrected chi connectivity index (χ3v) is 4.85. The van der Waals surface area contributed by atoms with Gasteiger partial charge >= 0.3 is 5.97 Å². The molecule has 0 aromatic heterocycles. The summed E-state index contributed by atoms with van der Waals surface area (Å²) in [6.45, 7) is 2.65. The van der Waals surface area contributed by atoms with Crippen LogP contribution in [0.25, 0.3) is 6.08 Å². The molecule has 0 saturated carbocycles. The maximum absolute atomic E-state index is 12.3. The number of halogens is 1. The van der Waals surface area contributed by atoms with Crippen LogP contribution in [0.1, 0.15) is 34.8 Å². The van der Waals surface area contributed by atoms with E-state index in [-0.39, 0.29) is 5.91 Å². The van der Waals surface area contributed by atoms with Crippen LogP contribution in [0.15, 0.2) is 88.4 Å². The molecule has 6 nitrogen and oxygen atoms in total. The van der Waals surface area contributed by atoms with Crippen molar-refractivity contribution in [2.45, 2.75) is 13.3 Å². The van der Waals surface area contributed by atoms with E-state index in [0.29, 0.717) is 29.2 Å². The molecule has 0 aliphatic carbocycles. The number of amides is 1. The molecule has 0 aliphatic rings. The Balaban J connectivity index is 1.63. The Morgan fingerprint density at radius 2 is 1.79 bits per heavy atom. The van der Waals surface area contributed by atoms with Gasteiger partial charge in [-0.2, -0.15) is 5.10 Å². The van der Waals surface area contributed by atoms with E-state index in [1.165, 1.54) is 12.3 Å². The molecule has 7 heteroatoms. The molecule has 3 rings (SSSR count). The van der Waals surface area contributed by atoms with E-state index in [1.807, 2.05) is 37.3 Å². The first-order valence-electron chi connectivity index (χ1n) is 10.4. The fourth-order valence-electron chi connectivity index (χ4n) is 2.73. The van der Waals surface area contributed by atoms with Gasteiger partial charge in [-0.15, -0.1) is 0 Å². The van der Waals surface area contributed by atoms with Crippen LogP contribution in [0.5, 0.6) is 11.5 Å². The Kier molecular flexibility index (Phi) is 8.97. The van der Waals surface area contributed by atoms with Crippen molar-refractivity contribution in [3.8, 4) is 11.5 Å². The van der Waals surface area contributed by atoms with Crippen LogP contribution in [-0.4, -0.2) is 24.7 Å². The molecule has 33 heavy (non-hydrogen) atoms. The smallest absolute Gasteiger partial charge is 0.336 e. The van der Waals surface area contributed by atoms with Gasteiger partial charge in [0.15, 0.2) is 0 Å². The highest BCUT2D eigenvalue weighted by molar-refractivity contribution is 9.10. The second-order valence-electron chi connectivity index (χ2n) is 6.92. The van der Waals surface area contributed by atoms with Gasteiger partial charge in [-0.05, 0) is 60.5 Å². The molecule has 168 valence electrons. The molecule has 0 bridgehead atoms. The predicted molar refractivity (Wildman–Crippen MR) is 133 cm³/mol. The van der Waals surface area contributed by atoms with Gasteiger partial charge in [-0.1, -0.05) is 53.2 Å². The summed E-state index contributed by atoms with van der Waals surface area (Å²) in [4.78, 5) is 24.6. The van der Waals surface area contributed by atoms with Crippen molar-refractivity contribution >= 4 is 40.1 Å². The van der Waals surface area contributed by atoms with Crippen LogP contribution in [0.2, 0.25) is 0 Å². The molecule has 0 fully saturated rings. The minimum absolute atomic E-state index is 0.316. The molecule has 0 aliphatic heterocycles. The molecule has 0 saturated heterocycles. The summed E-state index contributed by atoms with van der Waals surface area (Å²) in [5.74, 6) is 0.132. The summed E-state index contributed by atoms with van der Waals surface area (Å²) in [6, 6.07) is 21.4. The first-order valence-corrected chi connectivity index (χ1v) is 11.1. The van der Waals surface area contributed by atoms with Gasteiger partial charge in [0.25, 0.3) is 5.91 Å². The highest BCUT2D eigenvalue weighted by Crippen LogP contribution is 2.22. The number of esters is 1. The number of hydrazone groups is 1. The van der Waals surface area contributed by atoms with Crippen molar-refractivity contribution in [3.05, 3.63) is 100 Å². The van der Waals surface area contributed by atoms with Crippen molar-refractivity contribution in [1.29, 1.82) is 0 Å². The van der Waals surface area contributed by atoms with E-state index in [4.69, 9.17) is 9.47 Å². The van der Waals surface area contributed by atoms with Crippen LogP contribution < -0.4 is 14.9 Å². The Labute approximate surface area is 201 Å². The van der Waals surface area contributed by atoms with E-state index in [1.54, 1.807) is 48.5 Å². The minimum atomic E-state index is -0.523. The first kappa shape index (κ1) is 23.9. The number of ether oxygens (including phenoxy) is 2. The third kappa shape index (κ3) is 7.73. The molecular formula is C26H23BrN2O4. The molecule has 0 spiro atoms. The first-order chi connectivity index (χ1) is 16.0. The maximum Gasteiger partial charge on any atom is 0.336 e. The van der Waals surface area contributed by atoms with Crippen LogP contribution >= 0.6 is 15.9 Å². The molecule has 0 heterocycles. The molecule has 0 radical (unpaired) electrons. The van der Waals surface area contributed by atoms with Crippen molar-refractivity contribution in [2.24, 2.45) is 5.10 Å². The fraction of sp³-hybridized carbons (Fsp3) is 0.115. The monoisotopic (exact) mass is 506 g/mol. The molecule has 0 unspecified atom stereocenters. The highest BCUT2D eigenvalue weighted by Gasteiger charge is 2.08. The van der Waals surface area contributed by atoms with Gasteiger partial charge in [-0.25, -0.2) is 10.2 Å². The molecular weight excluding hydrogens is 484 g/mol. The Hall–Kier alpha value is -3.71. The van der Waals surface area contributed by atoms with E-state index in [9.17, 15) is 9.59 Å². The lowest BCUT2D eigenvalue weighted by Gasteiger charge is -2.07. The van der Waals surface area contributed by atoms with E-state index >= 15 is 0 Å². The largest absolute Gasteiger partial charge is 0.494 e. The molecule has 0 atom stereocenters. The quantitative estimate of drug-likeness (QED) is 0.134. The van der Waals surface area contributed by atoms with Crippen molar-refractivity contribution in [2.75, 3.05) is 6.61 Å². The highest BCUT2D eigenvalue weighted by atomic mass is 79.9. The lowest BCUT2D eigenvalue weighted by Crippen LogP contribution is -2.17. The molecule has 3 aromatic carbocycles. The number of hydrogen-bond donors (Lipinski definition) is 1. The van der Waals surface area contributed by atoms with Crippen LogP contribution in [0.3, 0.4) is 0 Å². The van der Waals surface area contributed by atoms with Gasteiger partial charge in [0.1, 0.15) is 11.5 Å². The second kappa shape index (κ2) is 12.4. The zero-order valence-electron chi connectivity index (χ0n) is 18.0. The Morgan fingerprint density at radius 1 is 1.03 bits per heavy atom. The van der Waals surface area contributed by atoms with Crippen molar-refractivity contribution < 1.29 is 19.1 Å². The number of nitrogens with one attached hydrogen (secondary N) is 1. The zero-order valence-corrected chi connectivity index (χ0v) is 19.6. The van der Waals surface area contributed by atoms with E-state index in [2.05, 4.69) is 26.5 Å². The number of nitrogens with zero attached hydrogens (tertiary/aromatic N) is 1. The van der Waals surface area contributed by atoms with Crippen molar-refractivity contribution in [3.63, 3.8) is 0 Å². The summed E-state index contributed by atoms with van der Waals surface area (Å²) in [7, 11) is 0. The summed E-state index contributed by atoms with van der Waals surface area (Å²) >= 11 is 3.39. The van der Waals surface area contributed by atoms with Gasteiger partial charge in [0.05, 0.1) is 12.8 Å². The average Bonchev–Trinajstić information content (AvgIpc) is 2.84. The molecule has 1 amide bonds. The SMILES string of the molecule is CCCOc1ccc(C(=O)N/N=C\c2cc(Br)ccc2OC(=O)/C=C/c2ccccc2)cc1. The normalized spacial score (nSPS) is 11.0. The maximum atomic E-state index is 12.3. The topological polar surface area (TPSA) is 77.0 Å². The van der Waals surface area contributed by atoms with E-state index in [0.717, 1.165) is 16.5 Å². The lowest BCUT2D eigenvalue weighted by atomic mass is 10.2. The fourth-order valence-corrected chi connectivity index (χ4v) is 3.11. The van der Waals surface area contributed by atoms with Crippen molar-refractivity contribution in [1.82, 2.24) is 5.43 Å². The Bertz CT molecular complexity index is 1140.